The maximum Gasteiger partial charge on any atom is 0.350 e. The van der Waals surface area contributed by atoms with Crippen molar-refractivity contribution >= 4 is 40.1 Å². The van der Waals surface area contributed by atoms with Gasteiger partial charge < -0.3 is 10.1 Å². The average Bonchev–Trinajstić information content (AvgIpc) is 3.30. The van der Waals surface area contributed by atoms with Crippen molar-refractivity contribution < 1.29 is 14.3 Å². The molecule has 3 heterocycles. The molecule has 0 saturated carbocycles. The number of aryl methyl sites for hydroxylation is 1. The van der Waals surface area contributed by atoms with Crippen LogP contribution in [-0.2, 0) is 16.1 Å². The summed E-state index contributed by atoms with van der Waals surface area (Å²) in [5.74, 6) is 0.0834. The second kappa shape index (κ2) is 10.1. The van der Waals surface area contributed by atoms with Gasteiger partial charge in [-0.2, -0.15) is 0 Å². The summed E-state index contributed by atoms with van der Waals surface area (Å²) in [6, 6.07) is 3.69. The minimum Gasteiger partial charge on any atom is -0.462 e. The quantitative estimate of drug-likeness (QED) is 0.304. The zero-order chi connectivity index (χ0) is 21.5. The molecule has 9 nitrogen and oxygen atoms in total. The lowest BCUT2D eigenvalue weighted by Crippen LogP contribution is -2.14. The summed E-state index contributed by atoms with van der Waals surface area (Å²) in [7, 11) is 0. The second-order valence-corrected chi connectivity index (χ2v) is 7.87. The monoisotopic (exact) mass is 444 g/mol. The number of allylic oxidation sites excluding steroid dienone is 1. The van der Waals surface area contributed by atoms with E-state index in [1.165, 1.54) is 11.8 Å². The van der Waals surface area contributed by atoms with Crippen molar-refractivity contribution in [2.75, 3.05) is 17.7 Å². The highest BCUT2D eigenvalue weighted by Crippen LogP contribution is 2.26. The first-order valence-corrected chi connectivity index (χ1v) is 10.8. The molecule has 0 atom stereocenters. The van der Waals surface area contributed by atoms with Crippen LogP contribution in [-0.4, -0.2) is 49.0 Å². The van der Waals surface area contributed by atoms with Crippen molar-refractivity contribution in [1.82, 2.24) is 24.7 Å². The number of nitrogens with zero attached hydrogens (tertiary/aromatic N) is 5. The Labute approximate surface area is 181 Å². The van der Waals surface area contributed by atoms with Crippen LogP contribution in [0.1, 0.15) is 22.3 Å². The summed E-state index contributed by atoms with van der Waals surface area (Å²) in [4.78, 5) is 32.9. The van der Waals surface area contributed by atoms with Gasteiger partial charge in [0.2, 0.25) is 5.91 Å². The molecule has 3 aromatic rings. The molecular weight excluding hydrogens is 424 g/mol. The molecule has 0 aliphatic carbocycles. The Bertz CT molecular complexity index is 1050. The first-order valence-electron chi connectivity index (χ1n) is 9.05. The van der Waals surface area contributed by atoms with Crippen LogP contribution < -0.4 is 5.32 Å². The van der Waals surface area contributed by atoms with E-state index < -0.39 is 5.97 Å². The highest BCUT2D eigenvalue weighted by molar-refractivity contribution is 7.99. The number of thioether (sulfide) groups is 1. The smallest absolute Gasteiger partial charge is 0.350 e. The summed E-state index contributed by atoms with van der Waals surface area (Å²) >= 11 is 2.35. The van der Waals surface area contributed by atoms with Crippen LogP contribution in [0.25, 0.3) is 11.4 Å². The van der Waals surface area contributed by atoms with Gasteiger partial charge in [0.25, 0.3) is 0 Å². The number of ether oxygens (including phenoxy) is 1. The van der Waals surface area contributed by atoms with Crippen molar-refractivity contribution in [3.05, 3.63) is 47.8 Å². The third kappa shape index (κ3) is 5.10. The van der Waals surface area contributed by atoms with E-state index >= 15 is 0 Å². The molecule has 30 heavy (non-hydrogen) atoms. The summed E-state index contributed by atoms with van der Waals surface area (Å²) < 4.78 is 6.87. The SMILES string of the molecule is C=CCn1c(SCC(=O)Nc2nc(C)c(C(=O)OCC)s2)nnc1-c1ccncc1. The zero-order valence-electron chi connectivity index (χ0n) is 16.5. The summed E-state index contributed by atoms with van der Waals surface area (Å²) in [5.41, 5.74) is 1.40. The Morgan fingerprint density at radius 3 is 2.80 bits per heavy atom. The van der Waals surface area contributed by atoms with Crippen LogP contribution in [0.15, 0.2) is 42.3 Å². The molecule has 3 rings (SSSR count). The average molecular weight is 445 g/mol. The Balaban J connectivity index is 1.67. The number of hydrogen-bond acceptors (Lipinski definition) is 9. The van der Waals surface area contributed by atoms with E-state index in [9.17, 15) is 9.59 Å². The maximum atomic E-state index is 12.4. The van der Waals surface area contributed by atoms with E-state index in [4.69, 9.17) is 4.74 Å². The molecule has 1 N–H and O–H groups in total. The molecule has 3 aromatic heterocycles. The van der Waals surface area contributed by atoms with E-state index in [1.807, 2.05) is 16.7 Å². The Kier molecular flexibility index (Phi) is 7.31. The Hall–Kier alpha value is -3.05. The number of aromatic nitrogens is 5. The van der Waals surface area contributed by atoms with Crippen molar-refractivity contribution in [3.8, 4) is 11.4 Å². The molecule has 0 unspecified atom stereocenters. The normalized spacial score (nSPS) is 10.6. The van der Waals surface area contributed by atoms with Gasteiger partial charge in [-0.3, -0.25) is 14.3 Å². The number of esters is 1. The van der Waals surface area contributed by atoms with Crippen LogP contribution in [0.4, 0.5) is 5.13 Å². The first-order chi connectivity index (χ1) is 14.5. The topological polar surface area (TPSA) is 112 Å². The highest BCUT2D eigenvalue weighted by Gasteiger charge is 2.19. The molecule has 0 bridgehead atoms. The van der Waals surface area contributed by atoms with Gasteiger partial charge in [0.05, 0.1) is 18.1 Å². The van der Waals surface area contributed by atoms with Crippen LogP contribution in [0.3, 0.4) is 0 Å². The van der Waals surface area contributed by atoms with E-state index in [-0.39, 0.29) is 18.3 Å². The maximum absolute atomic E-state index is 12.4. The van der Waals surface area contributed by atoms with Gasteiger partial charge in [-0.05, 0) is 26.0 Å². The van der Waals surface area contributed by atoms with E-state index in [1.54, 1.807) is 32.3 Å². The molecule has 0 fully saturated rings. The summed E-state index contributed by atoms with van der Waals surface area (Å²) in [6.07, 6.45) is 5.11. The molecule has 0 spiro atoms. The number of anilines is 1. The number of rotatable bonds is 9. The third-order valence-corrected chi connectivity index (χ3v) is 5.82. The molecule has 0 radical (unpaired) electrons. The van der Waals surface area contributed by atoms with Gasteiger partial charge in [-0.25, -0.2) is 9.78 Å². The molecule has 156 valence electrons. The molecule has 1 amide bonds. The van der Waals surface area contributed by atoms with Crippen molar-refractivity contribution in [2.45, 2.75) is 25.5 Å². The summed E-state index contributed by atoms with van der Waals surface area (Å²) in [5, 5.41) is 12.1. The van der Waals surface area contributed by atoms with Crippen LogP contribution >= 0.6 is 23.1 Å². The minimum atomic E-state index is -0.441. The Morgan fingerprint density at radius 1 is 1.33 bits per heavy atom. The van der Waals surface area contributed by atoms with E-state index in [0.717, 1.165) is 16.9 Å². The van der Waals surface area contributed by atoms with E-state index in [2.05, 4.69) is 32.1 Å². The van der Waals surface area contributed by atoms with Crippen LogP contribution in [0.2, 0.25) is 0 Å². The molecule has 11 heteroatoms. The highest BCUT2D eigenvalue weighted by atomic mass is 32.2. The number of carbonyl (C=O) groups is 2. The van der Waals surface area contributed by atoms with Gasteiger partial charge in [0.1, 0.15) is 4.88 Å². The lowest BCUT2D eigenvalue weighted by molar-refractivity contribution is -0.113. The molecular formula is C19H20N6O3S2. The fourth-order valence-electron chi connectivity index (χ4n) is 2.53. The van der Waals surface area contributed by atoms with Crippen molar-refractivity contribution in [3.63, 3.8) is 0 Å². The molecule has 0 saturated heterocycles. The van der Waals surface area contributed by atoms with Crippen LogP contribution in [0.5, 0.6) is 0 Å². The number of amides is 1. The zero-order valence-corrected chi connectivity index (χ0v) is 18.1. The molecule has 0 aliphatic rings. The van der Waals surface area contributed by atoms with E-state index in [0.29, 0.717) is 33.2 Å². The lowest BCUT2D eigenvalue weighted by atomic mass is 10.2. The van der Waals surface area contributed by atoms with Gasteiger partial charge in [-0.15, -0.1) is 16.8 Å². The first kappa shape index (κ1) is 21.7. The largest absolute Gasteiger partial charge is 0.462 e. The predicted molar refractivity (Wildman–Crippen MR) is 116 cm³/mol. The van der Waals surface area contributed by atoms with Gasteiger partial charge in [-0.1, -0.05) is 29.2 Å². The number of hydrogen-bond donors (Lipinski definition) is 1. The minimum absolute atomic E-state index is 0.110. The second-order valence-electron chi connectivity index (χ2n) is 5.93. The Morgan fingerprint density at radius 2 is 2.10 bits per heavy atom. The third-order valence-electron chi connectivity index (χ3n) is 3.80. The number of thiazole rings is 1. The fraction of sp³-hybridized carbons (Fsp3) is 0.263. The lowest BCUT2D eigenvalue weighted by Gasteiger charge is -2.07. The van der Waals surface area contributed by atoms with Gasteiger partial charge in [0, 0.05) is 24.5 Å². The fourth-order valence-corrected chi connectivity index (χ4v) is 4.15. The number of carbonyl (C=O) groups excluding carboxylic acids is 2. The van der Waals surface area contributed by atoms with Crippen molar-refractivity contribution in [2.24, 2.45) is 0 Å². The van der Waals surface area contributed by atoms with Crippen LogP contribution in [0, 0.1) is 6.92 Å². The predicted octanol–water partition coefficient (Wildman–Crippen LogP) is 3.20. The number of nitrogens with one attached hydrogen (secondary N) is 1. The molecule has 0 aliphatic heterocycles. The van der Waals surface area contributed by atoms with Gasteiger partial charge >= 0.3 is 5.97 Å². The summed E-state index contributed by atoms with van der Waals surface area (Å²) in [6.45, 7) is 8.00. The number of pyridine rings is 1. The standard InChI is InChI=1S/C19H20N6O3S2/c1-4-10-25-16(13-6-8-20-9-7-13)23-24-19(25)29-11-14(26)22-18-21-12(3)15(30-18)17(27)28-5-2/h4,6-9H,1,5,10-11H2,2-3H3,(H,21,22,26). The van der Waals surface area contributed by atoms with Crippen molar-refractivity contribution in [1.29, 1.82) is 0 Å². The van der Waals surface area contributed by atoms with Gasteiger partial charge in [0.15, 0.2) is 16.1 Å². The molecule has 0 aromatic carbocycles.